The first-order valence-corrected chi connectivity index (χ1v) is 8.50. The summed E-state index contributed by atoms with van der Waals surface area (Å²) < 4.78 is 10.8. The maximum atomic E-state index is 10.9. The van der Waals surface area contributed by atoms with Crippen LogP contribution in [0.15, 0.2) is 12.7 Å². The lowest BCUT2D eigenvalue weighted by molar-refractivity contribution is -0.142. The molecule has 0 spiro atoms. The summed E-state index contributed by atoms with van der Waals surface area (Å²) in [5, 5.41) is 0. The Kier molecular flexibility index (Phi) is 6.52. The lowest BCUT2D eigenvalue weighted by Gasteiger charge is -2.23. The van der Waals surface area contributed by atoms with Gasteiger partial charge in [0.15, 0.2) is 8.32 Å². The summed E-state index contributed by atoms with van der Waals surface area (Å²) in [4.78, 5) is 10.9. The van der Waals surface area contributed by atoms with Crippen molar-refractivity contribution in [1.29, 1.82) is 0 Å². The highest BCUT2D eigenvalue weighted by Crippen LogP contribution is 2.16. The van der Waals surface area contributed by atoms with Crippen LogP contribution in [0.25, 0.3) is 0 Å². The van der Waals surface area contributed by atoms with Gasteiger partial charge in [0.25, 0.3) is 0 Å². The van der Waals surface area contributed by atoms with Gasteiger partial charge in [0.1, 0.15) is 0 Å². The number of ether oxygens (including phenoxy) is 1. The van der Waals surface area contributed by atoms with E-state index in [9.17, 15) is 4.79 Å². The van der Waals surface area contributed by atoms with Crippen LogP contribution in [0, 0.1) is 0 Å². The van der Waals surface area contributed by atoms with E-state index >= 15 is 0 Å². The third-order valence-electron chi connectivity index (χ3n) is 2.17. The van der Waals surface area contributed by atoms with E-state index in [0.29, 0.717) is 0 Å². The summed E-state index contributed by atoms with van der Waals surface area (Å²) in [5.41, 5.74) is 0. The fourth-order valence-electron chi connectivity index (χ4n) is 1.32. The largest absolute Gasteiger partial charge is 0.460 e. The van der Waals surface area contributed by atoms with Gasteiger partial charge in [-0.05, 0) is 39.4 Å². The van der Waals surface area contributed by atoms with Gasteiger partial charge in [-0.1, -0.05) is 6.58 Å². The molecule has 0 aromatic heterocycles. The molecule has 0 fully saturated rings. The van der Waals surface area contributed by atoms with Gasteiger partial charge in [0, 0.05) is 12.7 Å². The van der Waals surface area contributed by atoms with Crippen LogP contribution in [0.1, 0.15) is 20.3 Å². The van der Waals surface area contributed by atoms with E-state index in [0.717, 1.165) is 19.1 Å². The van der Waals surface area contributed by atoms with Gasteiger partial charge >= 0.3 is 5.97 Å². The summed E-state index contributed by atoms with van der Waals surface area (Å²) in [5.74, 6) is -0.349. The van der Waals surface area contributed by atoms with Gasteiger partial charge in [-0.3, -0.25) is 0 Å². The smallest absolute Gasteiger partial charge is 0.330 e. The van der Waals surface area contributed by atoms with Gasteiger partial charge < -0.3 is 9.16 Å². The fraction of sp³-hybridized carbons (Fsp3) is 0.727. The van der Waals surface area contributed by atoms with Gasteiger partial charge in [-0.25, -0.2) is 4.79 Å². The summed E-state index contributed by atoms with van der Waals surface area (Å²) in [6.45, 7) is 12.4. The van der Waals surface area contributed by atoms with Crippen molar-refractivity contribution in [3.8, 4) is 0 Å². The van der Waals surface area contributed by atoms with Crippen molar-refractivity contribution in [1.82, 2.24) is 0 Å². The molecule has 0 aliphatic heterocycles. The van der Waals surface area contributed by atoms with E-state index in [4.69, 9.17) is 9.16 Å². The molecule has 3 nitrogen and oxygen atoms in total. The molecule has 15 heavy (non-hydrogen) atoms. The van der Waals surface area contributed by atoms with Gasteiger partial charge in [-0.15, -0.1) is 0 Å². The molecule has 0 heterocycles. The van der Waals surface area contributed by atoms with Crippen LogP contribution in [-0.2, 0) is 14.0 Å². The average molecular weight is 230 g/mol. The van der Waals surface area contributed by atoms with Crippen molar-refractivity contribution >= 4 is 14.3 Å². The molecule has 4 heteroatoms. The molecule has 0 saturated carbocycles. The molecule has 0 aromatic carbocycles. The zero-order valence-corrected chi connectivity index (χ0v) is 11.2. The lowest BCUT2D eigenvalue weighted by Crippen LogP contribution is -2.31. The predicted octanol–water partition coefficient (Wildman–Crippen LogP) is 2.74. The molecule has 0 saturated heterocycles. The first kappa shape index (κ1) is 14.4. The molecule has 0 aromatic rings. The number of rotatable bonds is 7. The molecule has 1 unspecified atom stereocenters. The highest BCUT2D eigenvalue weighted by Gasteiger charge is 2.22. The molecule has 0 bridgehead atoms. The SMILES string of the molecule is C=CC(=O)OC(C)CC[Si](C)(C)OCC. The van der Waals surface area contributed by atoms with Crippen LogP contribution in [0.5, 0.6) is 0 Å². The lowest BCUT2D eigenvalue weighted by atomic mass is 10.3. The van der Waals surface area contributed by atoms with E-state index in [2.05, 4.69) is 19.7 Å². The van der Waals surface area contributed by atoms with Crippen LogP contribution >= 0.6 is 0 Å². The van der Waals surface area contributed by atoms with Crippen LogP contribution in [0.4, 0.5) is 0 Å². The molecule has 0 aliphatic carbocycles. The van der Waals surface area contributed by atoms with Crippen LogP contribution in [-0.4, -0.2) is 27.0 Å². The average Bonchev–Trinajstić information content (AvgIpc) is 2.15. The minimum atomic E-state index is -1.54. The monoisotopic (exact) mass is 230 g/mol. The van der Waals surface area contributed by atoms with Gasteiger partial charge in [0.2, 0.25) is 0 Å². The Morgan fingerprint density at radius 2 is 2.13 bits per heavy atom. The van der Waals surface area contributed by atoms with Crippen LogP contribution in [0.2, 0.25) is 19.1 Å². The first-order chi connectivity index (χ1) is 6.91. The van der Waals surface area contributed by atoms with E-state index in [1.54, 1.807) is 0 Å². The second kappa shape index (κ2) is 6.79. The minimum Gasteiger partial charge on any atom is -0.460 e. The van der Waals surface area contributed by atoms with Crippen LogP contribution < -0.4 is 0 Å². The summed E-state index contributed by atoms with van der Waals surface area (Å²) in [6, 6.07) is 1.01. The quantitative estimate of drug-likeness (QED) is 0.383. The molecular weight excluding hydrogens is 208 g/mol. The van der Waals surface area contributed by atoms with Crippen molar-refractivity contribution < 1.29 is 14.0 Å². The van der Waals surface area contributed by atoms with E-state index in [1.807, 2.05) is 13.8 Å². The molecular formula is C11H22O3Si. The Hall–Kier alpha value is -0.613. The van der Waals surface area contributed by atoms with Crippen molar-refractivity contribution in [3.63, 3.8) is 0 Å². The van der Waals surface area contributed by atoms with Crippen molar-refractivity contribution in [2.45, 2.75) is 45.5 Å². The fourth-order valence-corrected chi connectivity index (χ4v) is 3.35. The predicted molar refractivity (Wildman–Crippen MR) is 64.3 cm³/mol. The topological polar surface area (TPSA) is 35.5 Å². The summed E-state index contributed by atoms with van der Waals surface area (Å²) >= 11 is 0. The maximum Gasteiger partial charge on any atom is 0.330 e. The Labute approximate surface area is 93.6 Å². The standard InChI is InChI=1S/C11H22O3Si/c1-6-11(12)14-10(3)8-9-15(4,5)13-7-2/h6,10H,1,7-9H2,2-5H3. The van der Waals surface area contributed by atoms with Crippen molar-refractivity contribution in [2.75, 3.05) is 6.61 Å². The molecule has 88 valence electrons. The van der Waals surface area contributed by atoms with Gasteiger partial charge in [0.05, 0.1) is 6.10 Å². The Bertz CT molecular complexity index is 214. The first-order valence-electron chi connectivity index (χ1n) is 5.38. The second-order valence-electron chi connectivity index (χ2n) is 4.18. The van der Waals surface area contributed by atoms with E-state index in [1.165, 1.54) is 6.08 Å². The Morgan fingerprint density at radius 1 is 1.53 bits per heavy atom. The number of hydrogen-bond acceptors (Lipinski definition) is 3. The number of carbonyl (C=O) groups is 1. The Balaban J connectivity index is 3.83. The molecule has 0 radical (unpaired) electrons. The van der Waals surface area contributed by atoms with E-state index in [-0.39, 0.29) is 12.1 Å². The molecule has 0 N–H and O–H groups in total. The van der Waals surface area contributed by atoms with E-state index < -0.39 is 8.32 Å². The molecule has 0 amide bonds. The third-order valence-corrected chi connectivity index (χ3v) is 4.73. The number of carbonyl (C=O) groups excluding carboxylic acids is 1. The summed E-state index contributed by atoms with van der Waals surface area (Å²) in [6.07, 6.45) is 2.00. The van der Waals surface area contributed by atoms with Gasteiger partial charge in [-0.2, -0.15) is 0 Å². The number of hydrogen-bond donors (Lipinski definition) is 0. The molecule has 1 atom stereocenters. The van der Waals surface area contributed by atoms with Crippen molar-refractivity contribution in [3.05, 3.63) is 12.7 Å². The molecule has 0 rings (SSSR count). The molecule has 0 aliphatic rings. The highest BCUT2D eigenvalue weighted by molar-refractivity contribution is 6.71. The van der Waals surface area contributed by atoms with Crippen LogP contribution in [0.3, 0.4) is 0 Å². The maximum absolute atomic E-state index is 10.9. The normalized spacial score (nSPS) is 13.3. The third kappa shape index (κ3) is 7.33. The summed E-state index contributed by atoms with van der Waals surface area (Å²) in [7, 11) is -1.54. The van der Waals surface area contributed by atoms with Crippen molar-refractivity contribution in [2.24, 2.45) is 0 Å². The number of esters is 1. The second-order valence-corrected chi connectivity index (χ2v) is 8.49. The highest BCUT2D eigenvalue weighted by atomic mass is 28.4. The Morgan fingerprint density at radius 3 is 2.60 bits per heavy atom. The zero-order chi connectivity index (χ0) is 11.9. The zero-order valence-electron chi connectivity index (χ0n) is 10.2. The minimum absolute atomic E-state index is 0.0530.